The molecule has 0 saturated carbocycles. The van der Waals surface area contributed by atoms with E-state index in [1.165, 1.54) is 19.2 Å². The number of carbonyl (C=O) groups is 1. The Labute approximate surface area is 125 Å². The van der Waals surface area contributed by atoms with Crippen molar-refractivity contribution in [3.63, 3.8) is 0 Å². The number of benzene rings is 2. The van der Waals surface area contributed by atoms with Gasteiger partial charge in [0.05, 0.1) is 12.7 Å². The molecule has 1 amide bonds. The van der Waals surface area contributed by atoms with Crippen molar-refractivity contribution in [2.75, 3.05) is 12.4 Å². The number of hydrogen-bond acceptors (Lipinski definition) is 3. The lowest BCUT2D eigenvalue weighted by atomic mass is 10.1. The van der Waals surface area contributed by atoms with Crippen molar-refractivity contribution in [3.8, 4) is 11.5 Å². The Morgan fingerprint density at radius 1 is 1.15 bits per heavy atom. The van der Waals surface area contributed by atoms with Gasteiger partial charge in [0.15, 0.2) is 0 Å². The van der Waals surface area contributed by atoms with Gasteiger partial charge in [-0.3, -0.25) is 4.79 Å². The number of phenolic OH excluding ortho intramolecular Hbond substituents is 1. The number of rotatable bonds is 3. The normalized spacial score (nSPS) is 10.2. The summed E-state index contributed by atoms with van der Waals surface area (Å²) >= 11 is 11.7. The minimum Gasteiger partial charge on any atom is -0.507 e. The molecule has 0 aliphatic heterocycles. The first-order chi connectivity index (χ1) is 9.49. The summed E-state index contributed by atoms with van der Waals surface area (Å²) in [5.74, 6) is -0.159. The molecule has 4 nitrogen and oxygen atoms in total. The van der Waals surface area contributed by atoms with Crippen LogP contribution in [0.15, 0.2) is 36.4 Å². The summed E-state index contributed by atoms with van der Waals surface area (Å²) in [5.41, 5.74) is 0.537. The third kappa shape index (κ3) is 3.35. The monoisotopic (exact) mass is 311 g/mol. The Kier molecular flexibility index (Phi) is 4.37. The lowest BCUT2D eigenvalue weighted by Gasteiger charge is -2.09. The molecule has 0 atom stereocenters. The van der Waals surface area contributed by atoms with Crippen molar-refractivity contribution < 1.29 is 14.6 Å². The number of anilines is 1. The number of carbonyl (C=O) groups excluding carboxylic acids is 1. The maximum absolute atomic E-state index is 12.1. The lowest BCUT2D eigenvalue weighted by Crippen LogP contribution is -2.12. The molecule has 0 fully saturated rings. The molecule has 2 aromatic carbocycles. The van der Waals surface area contributed by atoms with Crippen LogP contribution in [0.2, 0.25) is 10.0 Å². The molecule has 0 bridgehead atoms. The molecule has 2 aromatic rings. The summed E-state index contributed by atoms with van der Waals surface area (Å²) in [6, 6.07) is 9.06. The predicted octanol–water partition coefficient (Wildman–Crippen LogP) is 3.96. The van der Waals surface area contributed by atoms with E-state index in [1.54, 1.807) is 24.3 Å². The maximum Gasteiger partial charge on any atom is 0.259 e. The van der Waals surface area contributed by atoms with Crippen LogP contribution < -0.4 is 10.1 Å². The van der Waals surface area contributed by atoms with Gasteiger partial charge in [0.1, 0.15) is 11.5 Å². The van der Waals surface area contributed by atoms with Crippen molar-refractivity contribution >= 4 is 34.8 Å². The summed E-state index contributed by atoms with van der Waals surface area (Å²) in [7, 11) is 1.48. The number of ether oxygens (including phenoxy) is 1. The van der Waals surface area contributed by atoms with E-state index >= 15 is 0 Å². The topological polar surface area (TPSA) is 58.6 Å². The van der Waals surface area contributed by atoms with Crippen LogP contribution in [0.1, 0.15) is 10.4 Å². The second-order valence-electron chi connectivity index (χ2n) is 4.00. The molecule has 20 heavy (non-hydrogen) atoms. The van der Waals surface area contributed by atoms with Crippen LogP contribution in [0.3, 0.4) is 0 Å². The van der Waals surface area contributed by atoms with Gasteiger partial charge in [0.25, 0.3) is 5.91 Å². The molecule has 0 saturated heterocycles. The number of hydrogen-bond donors (Lipinski definition) is 2. The first kappa shape index (κ1) is 14.5. The number of methoxy groups -OCH3 is 1. The minimum atomic E-state index is -0.486. The highest BCUT2D eigenvalue weighted by Crippen LogP contribution is 2.26. The van der Waals surface area contributed by atoms with Crippen molar-refractivity contribution in [2.24, 2.45) is 0 Å². The van der Waals surface area contributed by atoms with Crippen molar-refractivity contribution in [1.82, 2.24) is 0 Å². The smallest absolute Gasteiger partial charge is 0.259 e. The van der Waals surface area contributed by atoms with Gasteiger partial charge >= 0.3 is 0 Å². The highest BCUT2D eigenvalue weighted by molar-refractivity contribution is 6.35. The molecule has 0 heterocycles. The van der Waals surface area contributed by atoms with Gasteiger partial charge in [-0.1, -0.05) is 23.2 Å². The highest BCUT2D eigenvalue weighted by Gasteiger charge is 2.13. The van der Waals surface area contributed by atoms with E-state index in [-0.39, 0.29) is 11.3 Å². The molecule has 2 rings (SSSR count). The summed E-state index contributed by atoms with van der Waals surface area (Å²) in [6.07, 6.45) is 0. The number of nitrogens with one attached hydrogen (secondary N) is 1. The Morgan fingerprint density at radius 3 is 2.40 bits per heavy atom. The molecule has 2 N–H and O–H groups in total. The molecule has 0 aliphatic rings. The molecule has 0 aliphatic carbocycles. The van der Waals surface area contributed by atoms with Crippen LogP contribution in [0.4, 0.5) is 5.69 Å². The van der Waals surface area contributed by atoms with Crippen LogP contribution >= 0.6 is 23.2 Å². The fourth-order valence-electron chi connectivity index (χ4n) is 1.65. The van der Waals surface area contributed by atoms with Gasteiger partial charge in [0.2, 0.25) is 0 Å². The van der Waals surface area contributed by atoms with Crippen molar-refractivity contribution in [2.45, 2.75) is 0 Å². The van der Waals surface area contributed by atoms with Crippen LogP contribution in [0.5, 0.6) is 11.5 Å². The van der Waals surface area contributed by atoms with Gasteiger partial charge in [0, 0.05) is 15.7 Å². The molecule has 0 radical (unpaired) electrons. The lowest BCUT2D eigenvalue weighted by molar-refractivity contribution is 0.102. The molecule has 104 valence electrons. The van der Waals surface area contributed by atoms with Crippen LogP contribution in [-0.2, 0) is 0 Å². The summed E-state index contributed by atoms with van der Waals surface area (Å²) in [6.45, 7) is 0. The summed E-state index contributed by atoms with van der Waals surface area (Å²) < 4.78 is 5.02. The number of amides is 1. The van der Waals surface area contributed by atoms with Crippen LogP contribution in [0.25, 0.3) is 0 Å². The maximum atomic E-state index is 12.1. The van der Waals surface area contributed by atoms with E-state index in [4.69, 9.17) is 27.9 Å². The third-order valence-corrected chi connectivity index (χ3v) is 3.01. The quantitative estimate of drug-likeness (QED) is 0.902. The largest absolute Gasteiger partial charge is 0.507 e. The molecule has 0 unspecified atom stereocenters. The highest BCUT2D eigenvalue weighted by atomic mass is 35.5. The fraction of sp³-hybridized carbons (Fsp3) is 0.0714. The molecule has 6 heteroatoms. The van der Waals surface area contributed by atoms with Gasteiger partial charge in [-0.25, -0.2) is 0 Å². The van der Waals surface area contributed by atoms with Gasteiger partial charge in [-0.15, -0.1) is 0 Å². The minimum absolute atomic E-state index is 0.0976. The Balaban J connectivity index is 2.27. The summed E-state index contributed by atoms with van der Waals surface area (Å²) in [5, 5.41) is 13.1. The first-order valence-corrected chi connectivity index (χ1v) is 6.39. The number of aromatic hydroxyl groups is 1. The predicted molar refractivity (Wildman–Crippen MR) is 79.1 cm³/mol. The van der Waals surface area contributed by atoms with E-state index in [2.05, 4.69) is 5.32 Å². The van der Waals surface area contributed by atoms with Gasteiger partial charge in [-0.2, -0.15) is 0 Å². The van der Waals surface area contributed by atoms with E-state index in [0.717, 1.165) is 0 Å². The number of phenols is 1. The molecular weight excluding hydrogens is 301 g/mol. The van der Waals surface area contributed by atoms with Crippen LogP contribution in [-0.4, -0.2) is 18.1 Å². The van der Waals surface area contributed by atoms with Gasteiger partial charge < -0.3 is 15.2 Å². The van der Waals surface area contributed by atoms with E-state index < -0.39 is 5.91 Å². The zero-order valence-electron chi connectivity index (χ0n) is 10.5. The standard InChI is InChI=1S/C14H11Cl2NO3/c1-20-11-2-3-13(18)12(7-11)14(19)17-10-5-8(15)4-9(16)6-10/h2-7,18H,1H3,(H,17,19). The van der Waals surface area contributed by atoms with Gasteiger partial charge in [-0.05, 0) is 36.4 Å². The third-order valence-electron chi connectivity index (χ3n) is 2.57. The second-order valence-corrected chi connectivity index (χ2v) is 4.87. The second kappa shape index (κ2) is 6.03. The van der Waals surface area contributed by atoms with Crippen molar-refractivity contribution in [3.05, 3.63) is 52.0 Å². The molecule has 0 aromatic heterocycles. The number of halogens is 2. The Bertz CT molecular complexity index is 639. The zero-order valence-corrected chi connectivity index (χ0v) is 12.0. The SMILES string of the molecule is COc1ccc(O)c(C(=O)Nc2cc(Cl)cc(Cl)c2)c1. The fourth-order valence-corrected chi connectivity index (χ4v) is 2.17. The van der Waals surface area contributed by atoms with Crippen LogP contribution in [0, 0.1) is 0 Å². The molecule has 0 spiro atoms. The Morgan fingerprint density at radius 2 is 1.80 bits per heavy atom. The molecular formula is C14H11Cl2NO3. The van der Waals surface area contributed by atoms with Crippen molar-refractivity contribution in [1.29, 1.82) is 0 Å². The first-order valence-electron chi connectivity index (χ1n) is 5.64. The zero-order chi connectivity index (χ0) is 14.7. The van der Waals surface area contributed by atoms with E-state index in [1.807, 2.05) is 0 Å². The Hall–Kier alpha value is -1.91. The van der Waals surface area contributed by atoms with E-state index in [9.17, 15) is 9.90 Å². The van der Waals surface area contributed by atoms with E-state index in [0.29, 0.717) is 21.5 Å². The average molecular weight is 312 g/mol. The summed E-state index contributed by atoms with van der Waals surface area (Å²) in [4.78, 5) is 12.1. The average Bonchev–Trinajstić information content (AvgIpc) is 2.37.